The van der Waals surface area contributed by atoms with Crippen LogP contribution in [-0.2, 0) is 11.3 Å². The van der Waals surface area contributed by atoms with Gasteiger partial charge in [-0.1, -0.05) is 25.5 Å². The summed E-state index contributed by atoms with van der Waals surface area (Å²) in [7, 11) is 1.82. The molecule has 0 fully saturated rings. The van der Waals surface area contributed by atoms with Gasteiger partial charge >= 0.3 is 0 Å². The number of fused-ring (bicyclic) bond motifs is 1. The van der Waals surface area contributed by atoms with Crippen LogP contribution >= 0.6 is 0 Å². The van der Waals surface area contributed by atoms with E-state index in [1.165, 1.54) is 0 Å². The molecule has 0 aliphatic rings. The smallest absolute Gasteiger partial charge is 0.251 e. The zero-order valence-electron chi connectivity index (χ0n) is 17.1. The van der Waals surface area contributed by atoms with Crippen molar-refractivity contribution in [3.05, 3.63) is 60.2 Å². The number of nitrogens with one attached hydrogen (secondary N) is 1. The van der Waals surface area contributed by atoms with Crippen LogP contribution in [0.15, 0.2) is 48.8 Å². The fourth-order valence-corrected chi connectivity index (χ4v) is 3.21. The monoisotopic (exact) mass is 393 g/mol. The first-order chi connectivity index (χ1) is 14.0. The number of amides is 2. The van der Waals surface area contributed by atoms with Gasteiger partial charge in [-0.25, -0.2) is 4.98 Å². The number of rotatable bonds is 8. The topological polar surface area (TPSA) is 80.1 Å². The maximum absolute atomic E-state index is 12.8. The minimum atomic E-state index is -0.364. The van der Waals surface area contributed by atoms with Crippen LogP contribution in [-0.4, -0.2) is 44.8 Å². The lowest BCUT2D eigenvalue weighted by Gasteiger charge is -2.20. The molecule has 0 radical (unpaired) electrons. The highest BCUT2D eigenvalue weighted by Gasteiger charge is 2.21. The van der Waals surface area contributed by atoms with E-state index in [4.69, 9.17) is 4.98 Å². The van der Waals surface area contributed by atoms with E-state index in [9.17, 15) is 9.59 Å². The summed E-state index contributed by atoms with van der Waals surface area (Å²) in [5.74, 6) is 0.478. The van der Waals surface area contributed by atoms with E-state index in [-0.39, 0.29) is 24.4 Å². The molecular weight excluding hydrogens is 366 g/mol. The molecule has 1 N–H and O–H groups in total. The lowest BCUT2D eigenvalue weighted by molar-refractivity contribution is -0.130. The average Bonchev–Trinajstić information content (AvgIpc) is 3.11. The van der Waals surface area contributed by atoms with Crippen molar-refractivity contribution < 1.29 is 9.59 Å². The number of aromatic nitrogens is 3. The number of unbranched alkanes of at least 4 members (excludes halogenated alkanes) is 1. The first-order valence-electron chi connectivity index (χ1n) is 9.91. The number of imidazole rings is 1. The summed E-state index contributed by atoms with van der Waals surface area (Å²) in [6, 6.07) is 10.7. The molecule has 3 aromatic rings. The van der Waals surface area contributed by atoms with Crippen molar-refractivity contribution in [3.8, 4) is 0 Å². The molecule has 0 aliphatic carbocycles. The SMILES string of the molecule is CCCCN(C)C(=O)Cn1c(C(C)NC(=O)c2ccncc2)nc2ccccc21. The number of carbonyl (C=O) groups excluding carboxylic acids is 2. The Morgan fingerprint density at radius 1 is 1.17 bits per heavy atom. The second-order valence-electron chi connectivity index (χ2n) is 7.14. The normalized spacial score (nSPS) is 12.0. The molecular formula is C22H27N5O2. The molecule has 152 valence electrons. The van der Waals surface area contributed by atoms with Crippen LogP contribution in [0.25, 0.3) is 11.0 Å². The van der Waals surface area contributed by atoms with E-state index in [1.54, 1.807) is 29.4 Å². The molecule has 1 aromatic carbocycles. The van der Waals surface area contributed by atoms with Gasteiger partial charge in [-0.2, -0.15) is 0 Å². The number of hydrogen-bond donors (Lipinski definition) is 1. The van der Waals surface area contributed by atoms with Gasteiger partial charge in [-0.15, -0.1) is 0 Å². The highest BCUT2D eigenvalue weighted by Crippen LogP contribution is 2.21. The number of pyridine rings is 1. The summed E-state index contributed by atoms with van der Waals surface area (Å²) in [6.07, 6.45) is 5.17. The third-order valence-electron chi connectivity index (χ3n) is 4.93. The van der Waals surface area contributed by atoms with Crippen molar-refractivity contribution in [1.29, 1.82) is 0 Å². The standard InChI is InChI=1S/C22H27N5O2/c1-4-5-14-26(3)20(28)15-27-19-9-7-6-8-18(19)25-21(27)16(2)24-22(29)17-10-12-23-13-11-17/h6-13,16H,4-5,14-15H2,1-3H3,(H,24,29). The van der Waals surface area contributed by atoms with Crippen LogP contribution in [0, 0.1) is 0 Å². The van der Waals surface area contributed by atoms with E-state index in [0.29, 0.717) is 11.4 Å². The molecule has 7 nitrogen and oxygen atoms in total. The van der Waals surface area contributed by atoms with E-state index in [0.717, 1.165) is 30.4 Å². The van der Waals surface area contributed by atoms with Gasteiger partial charge in [0.25, 0.3) is 5.91 Å². The van der Waals surface area contributed by atoms with Crippen molar-refractivity contribution in [3.63, 3.8) is 0 Å². The fraction of sp³-hybridized carbons (Fsp3) is 0.364. The number of nitrogens with zero attached hydrogens (tertiary/aromatic N) is 4. The molecule has 0 bridgehead atoms. The van der Waals surface area contributed by atoms with Crippen LogP contribution in [0.3, 0.4) is 0 Å². The van der Waals surface area contributed by atoms with Crippen molar-refractivity contribution in [2.24, 2.45) is 0 Å². The Balaban J connectivity index is 1.86. The lowest BCUT2D eigenvalue weighted by atomic mass is 10.2. The summed E-state index contributed by atoms with van der Waals surface area (Å²) in [6.45, 7) is 4.90. The zero-order valence-corrected chi connectivity index (χ0v) is 17.1. The maximum Gasteiger partial charge on any atom is 0.251 e. The van der Waals surface area contributed by atoms with Gasteiger partial charge in [0.2, 0.25) is 5.91 Å². The van der Waals surface area contributed by atoms with Gasteiger partial charge in [0, 0.05) is 31.5 Å². The highest BCUT2D eigenvalue weighted by molar-refractivity contribution is 5.94. The van der Waals surface area contributed by atoms with Gasteiger partial charge in [-0.3, -0.25) is 14.6 Å². The van der Waals surface area contributed by atoms with Crippen molar-refractivity contribution in [2.75, 3.05) is 13.6 Å². The summed E-state index contributed by atoms with van der Waals surface area (Å²) in [5.41, 5.74) is 2.21. The predicted octanol–water partition coefficient (Wildman–Crippen LogP) is 3.18. The van der Waals surface area contributed by atoms with E-state index >= 15 is 0 Å². The molecule has 7 heteroatoms. The molecule has 0 saturated heterocycles. The third-order valence-corrected chi connectivity index (χ3v) is 4.93. The Kier molecular flexibility index (Phi) is 6.59. The van der Waals surface area contributed by atoms with E-state index in [2.05, 4.69) is 17.2 Å². The van der Waals surface area contributed by atoms with Crippen LogP contribution in [0.5, 0.6) is 0 Å². The lowest BCUT2D eigenvalue weighted by Crippen LogP contribution is -2.33. The summed E-state index contributed by atoms with van der Waals surface area (Å²) >= 11 is 0. The van der Waals surface area contributed by atoms with Crippen LogP contribution < -0.4 is 5.32 Å². The summed E-state index contributed by atoms with van der Waals surface area (Å²) in [5, 5.41) is 2.98. The summed E-state index contributed by atoms with van der Waals surface area (Å²) in [4.78, 5) is 35.7. The first kappa shape index (κ1) is 20.5. The molecule has 0 aliphatic heterocycles. The number of benzene rings is 1. The largest absolute Gasteiger partial charge is 0.344 e. The number of para-hydroxylation sites is 2. The quantitative estimate of drug-likeness (QED) is 0.637. The predicted molar refractivity (Wildman–Crippen MR) is 112 cm³/mol. The molecule has 2 heterocycles. The van der Waals surface area contributed by atoms with Gasteiger partial charge < -0.3 is 14.8 Å². The Morgan fingerprint density at radius 2 is 1.90 bits per heavy atom. The van der Waals surface area contributed by atoms with Crippen LogP contribution in [0.1, 0.15) is 48.9 Å². The molecule has 1 atom stereocenters. The van der Waals surface area contributed by atoms with Crippen molar-refractivity contribution >= 4 is 22.8 Å². The van der Waals surface area contributed by atoms with Crippen molar-refractivity contribution in [2.45, 2.75) is 39.3 Å². The fourth-order valence-electron chi connectivity index (χ4n) is 3.21. The van der Waals surface area contributed by atoms with Crippen LogP contribution in [0.2, 0.25) is 0 Å². The number of likely N-dealkylation sites (N-methyl/N-ethyl adjacent to an activating group) is 1. The number of hydrogen-bond acceptors (Lipinski definition) is 4. The minimum absolute atomic E-state index is 0.0236. The zero-order chi connectivity index (χ0) is 20.8. The Labute approximate surface area is 170 Å². The molecule has 0 spiro atoms. The molecule has 2 amide bonds. The number of carbonyl (C=O) groups is 2. The van der Waals surface area contributed by atoms with Gasteiger partial charge in [0.05, 0.1) is 17.1 Å². The molecule has 29 heavy (non-hydrogen) atoms. The van der Waals surface area contributed by atoms with E-state index < -0.39 is 0 Å². The Hall–Kier alpha value is -3.22. The molecule has 3 rings (SSSR count). The Morgan fingerprint density at radius 3 is 2.62 bits per heavy atom. The van der Waals surface area contributed by atoms with Gasteiger partial charge in [0.15, 0.2) is 0 Å². The van der Waals surface area contributed by atoms with Gasteiger partial charge in [0.1, 0.15) is 12.4 Å². The second-order valence-corrected chi connectivity index (χ2v) is 7.14. The first-order valence-corrected chi connectivity index (χ1v) is 9.91. The highest BCUT2D eigenvalue weighted by atomic mass is 16.2. The Bertz CT molecular complexity index is 983. The molecule has 2 aromatic heterocycles. The molecule has 1 unspecified atom stereocenters. The van der Waals surface area contributed by atoms with Crippen molar-refractivity contribution in [1.82, 2.24) is 24.8 Å². The van der Waals surface area contributed by atoms with Gasteiger partial charge in [-0.05, 0) is 37.6 Å². The average molecular weight is 393 g/mol. The minimum Gasteiger partial charge on any atom is -0.344 e. The molecule has 0 saturated carbocycles. The van der Waals surface area contributed by atoms with Crippen LogP contribution in [0.4, 0.5) is 0 Å². The van der Waals surface area contributed by atoms with E-state index in [1.807, 2.05) is 42.8 Å². The third kappa shape index (κ3) is 4.80. The second kappa shape index (κ2) is 9.32. The maximum atomic E-state index is 12.8. The summed E-state index contributed by atoms with van der Waals surface area (Å²) < 4.78 is 1.90.